The van der Waals surface area contributed by atoms with Crippen LogP contribution in [-0.2, 0) is 27.3 Å². The first-order valence-corrected chi connectivity index (χ1v) is 11.7. The van der Waals surface area contributed by atoms with Crippen molar-refractivity contribution in [3.63, 3.8) is 0 Å². The summed E-state index contributed by atoms with van der Waals surface area (Å²) in [7, 11) is 1.54. The van der Waals surface area contributed by atoms with Gasteiger partial charge < -0.3 is 19.1 Å². The zero-order valence-corrected chi connectivity index (χ0v) is 20.2. The summed E-state index contributed by atoms with van der Waals surface area (Å²) in [6.45, 7) is 0.258. The first-order valence-electron chi connectivity index (χ1n) is 11.4. The van der Waals surface area contributed by atoms with Gasteiger partial charge in [0.05, 0.1) is 25.6 Å². The Labute approximate surface area is 212 Å². The van der Waals surface area contributed by atoms with Gasteiger partial charge in [-0.2, -0.15) is 0 Å². The van der Waals surface area contributed by atoms with E-state index in [-0.39, 0.29) is 38.0 Å². The molecule has 0 saturated carbocycles. The number of carbonyl (C=O) groups is 3. The summed E-state index contributed by atoms with van der Waals surface area (Å²) in [5.41, 5.74) is 1.94. The van der Waals surface area contributed by atoms with Gasteiger partial charge in [-0.3, -0.25) is 14.4 Å². The average Bonchev–Trinajstić information content (AvgIpc) is 3.47. The predicted octanol–water partition coefficient (Wildman–Crippen LogP) is 3.98. The highest BCUT2D eigenvalue weighted by Crippen LogP contribution is 2.34. The summed E-state index contributed by atoms with van der Waals surface area (Å²) in [5, 5.41) is 0.565. The lowest BCUT2D eigenvalue weighted by atomic mass is 10.1. The molecule has 3 aromatic carbocycles. The number of nitrogens with zero attached hydrogens (tertiary/aromatic N) is 2. The molecule has 3 amide bonds. The van der Waals surface area contributed by atoms with Crippen molar-refractivity contribution in [3.8, 4) is 17.2 Å². The molecular formula is C27H23ClN2O6. The summed E-state index contributed by atoms with van der Waals surface area (Å²) < 4.78 is 16.0. The van der Waals surface area contributed by atoms with Crippen molar-refractivity contribution >= 4 is 35.0 Å². The number of methoxy groups -OCH3 is 1. The Morgan fingerprint density at radius 1 is 1.00 bits per heavy atom. The van der Waals surface area contributed by atoms with Crippen LogP contribution in [0.25, 0.3) is 0 Å². The molecule has 2 heterocycles. The predicted molar refractivity (Wildman–Crippen MR) is 132 cm³/mol. The van der Waals surface area contributed by atoms with Crippen LogP contribution in [0.1, 0.15) is 17.5 Å². The molecule has 36 heavy (non-hydrogen) atoms. The second kappa shape index (κ2) is 9.91. The molecule has 2 aliphatic rings. The Hall–Kier alpha value is -4.04. The van der Waals surface area contributed by atoms with Crippen LogP contribution in [0.5, 0.6) is 17.2 Å². The maximum absolute atomic E-state index is 13.5. The molecule has 3 aromatic rings. The second-order valence-corrected chi connectivity index (χ2v) is 8.93. The van der Waals surface area contributed by atoms with Crippen molar-refractivity contribution in [1.82, 2.24) is 4.90 Å². The minimum absolute atomic E-state index is 0.0578. The molecule has 0 aromatic heterocycles. The standard InChI is InChI=1S/C27H23ClN2O6/c1-34-21-9-7-20(8-10-21)30-26(32)14-22(27(30)33)29(25(31)13-17-2-5-19(28)6-3-17)15-18-4-11-23-24(12-18)36-16-35-23/h2-12,22H,13-16H2,1H3. The van der Waals surface area contributed by atoms with Gasteiger partial charge in [-0.15, -0.1) is 0 Å². The van der Waals surface area contributed by atoms with Gasteiger partial charge in [0.25, 0.3) is 5.91 Å². The van der Waals surface area contributed by atoms with Crippen LogP contribution in [-0.4, -0.2) is 42.6 Å². The van der Waals surface area contributed by atoms with E-state index in [1.807, 2.05) is 6.07 Å². The zero-order valence-electron chi connectivity index (χ0n) is 19.5. The normalized spacial score (nSPS) is 16.4. The third-order valence-electron chi connectivity index (χ3n) is 6.21. The number of hydrogen-bond donors (Lipinski definition) is 0. The number of hydrogen-bond acceptors (Lipinski definition) is 6. The summed E-state index contributed by atoms with van der Waals surface area (Å²) in [5.74, 6) is 0.706. The maximum Gasteiger partial charge on any atom is 0.257 e. The third kappa shape index (κ3) is 4.72. The van der Waals surface area contributed by atoms with Crippen LogP contribution in [0.4, 0.5) is 5.69 Å². The van der Waals surface area contributed by atoms with Crippen molar-refractivity contribution in [1.29, 1.82) is 0 Å². The summed E-state index contributed by atoms with van der Waals surface area (Å²) in [4.78, 5) is 42.6. The number of halogens is 1. The highest BCUT2D eigenvalue weighted by atomic mass is 35.5. The van der Waals surface area contributed by atoms with Crippen molar-refractivity contribution in [2.24, 2.45) is 0 Å². The SMILES string of the molecule is COc1ccc(N2C(=O)CC(N(Cc3ccc4c(c3)OCO4)C(=O)Cc3ccc(Cl)cc3)C2=O)cc1. The van der Waals surface area contributed by atoms with E-state index in [4.69, 9.17) is 25.8 Å². The molecule has 5 rings (SSSR count). The van der Waals surface area contributed by atoms with Crippen LogP contribution in [0, 0.1) is 0 Å². The van der Waals surface area contributed by atoms with Crippen molar-refractivity contribution in [2.45, 2.75) is 25.4 Å². The number of fused-ring (bicyclic) bond motifs is 1. The number of carbonyl (C=O) groups excluding carboxylic acids is 3. The molecule has 1 unspecified atom stereocenters. The second-order valence-electron chi connectivity index (χ2n) is 8.50. The molecule has 2 aliphatic heterocycles. The van der Waals surface area contributed by atoms with E-state index in [9.17, 15) is 14.4 Å². The van der Waals surface area contributed by atoms with Gasteiger partial charge in [-0.25, -0.2) is 4.90 Å². The highest BCUT2D eigenvalue weighted by Gasteiger charge is 2.44. The number of benzene rings is 3. The Kier molecular flexibility index (Phi) is 6.52. The fourth-order valence-electron chi connectivity index (χ4n) is 4.35. The molecule has 1 fully saturated rings. The summed E-state index contributed by atoms with van der Waals surface area (Å²) >= 11 is 5.98. The molecule has 0 aliphatic carbocycles. The number of rotatable bonds is 7. The molecule has 1 atom stereocenters. The van der Waals surface area contributed by atoms with E-state index in [0.29, 0.717) is 28.0 Å². The van der Waals surface area contributed by atoms with Gasteiger partial charge >= 0.3 is 0 Å². The van der Waals surface area contributed by atoms with Crippen molar-refractivity contribution < 1.29 is 28.6 Å². The molecule has 0 spiro atoms. The van der Waals surface area contributed by atoms with Crippen LogP contribution < -0.4 is 19.1 Å². The molecule has 9 heteroatoms. The number of anilines is 1. The quantitative estimate of drug-likeness (QED) is 0.451. The zero-order chi connectivity index (χ0) is 25.2. The number of ether oxygens (including phenoxy) is 3. The topological polar surface area (TPSA) is 85.4 Å². The smallest absolute Gasteiger partial charge is 0.257 e. The van der Waals surface area contributed by atoms with E-state index in [2.05, 4.69) is 0 Å². The van der Waals surface area contributed by atoms with Gasteiger partial charge in [0.15, 0.2) is 11.5 Å². The van der Waals surface area contributed by atoms with E-state index in [1.54, 1.807) is 60.7 Å². The monoisotopic (exact) mass is 506 g/mol. The lowest BCUT2D eigenvalue weighted by Crippen LogP contribution is -2.45. The van der Waals surface area contributed by atoms with E-state index in [1.165, 1.54) is 12.0 Å². The Morgan fingerprint density at radius 3 is 2.42 bits per heavy atom. The maximum atomic E-state index is 13.5. The summed E-state index contributed by atoms with van der Waals surface area (Å²) in [6, 6.07) is 18.0. The van der Waals surface area contributed by atoms with E-state index < -0.39 is 11.9 Å². The minimum Gasteiger partial charge on any atom is -0.497 e. The molecular weight excluding hydrogens is 484 g/mol. The van der Waals surface area contributed by atoms with E-state index in [0.717, 1.165) is 16.0 Å². The number of imide groups is 1. The van der Waals surface area contributed by atoms with Gasteiger partial charge in [-0.1, -0.05) is 29.8 Å². The molecule has 0 N–H and O–H groups in total. The van der Waals surface area contributed by atoms with Gasteiger partial charge in [0.1, 0.15) is 11.8 Å². The number of amides is 3. The van der Waals surface area contributed by atoms with E-state index >= 15 is 0 Å². The molecule has 1 saturated heterocycles. The molecule has 0 radical (unpaired) electrons. The van der Waals surface area contributed by atoms with Crippen LogP contribution in [0.2, 0.25) is 5.02 Å². The Bertz CT molecular complexity index is 1310. The largest absolute Gasteiger partial charge is 0.497 e. The fourth-order valence-corrected chi connectivity index (χ4v) is 4.47. The highest BCUT2D eigenvalue weighted by molar-refractivity contribution is 6.30. The Morgan fingerprint density at radius 2 is 1.69 bits per heavy atom. The van der Waals surface area contributed by atoms with Crippen LogP contribution in [0.3, 0.4) is 0 Å². The fraction of sp³-hybridized carbons (Fsp3) is 0.222. The van der Waals surface area contributed by atoms with Crippen LogP contribution >= 0.6 is 11.6 Å². The third-order valence-corrected chi connectivity index (χ3v) is 6.46. The van der Waals surface area contributed by atoms with Gasteiger partial charge in [-0.05, 0) is 59.7 Å². The minimum atomic E-state index is -0.940. The summed E-state index contributed by atoms with van der Waals surface area (Å²) in [6.07, 6.45) is -0.0516. The first-order chi connectivity index (χ1) is 17.4. The van der Waals surface area contributed by atoms with Gasteiger partial charge in [0.2, 0.25) is 18.6 Å². The molecule has 8 nitrogen and oxygen atoms in total. The first kappa shape index (κ1) is 23.7. The van der Waals surface area contributed by atoms with Crippen LogP contribution in [0.15, 0.2) is 66.7 Å². The Balaban J connectivity index is 1.43. The van der Waals surface area contributed by atoms with Gasteiger partial charge in [0, 0.05) is 11.6 Å². The average molecular weight is 507 g/mol. The molecule has 184 valence electrons. The van der Waals surface area contributed by atoms with Crippen molar-refractivity contribution in [3.05, 3.63) is 82.9 Å². The van der Waals surface area contributed by atoms with Crippen molar-refractivity contribution in [2.75, 3.05) is 18.8 Å². The lowest BCUT2D eigenvalue weighted by molar-refractivity contribution is -0.138. The lowest BCUT2D eigenvalue weighted by Gasteiger charge is -2.28. The molecule has 0 bridgehead atoms.